The molecule has 0 N–H and O–H groups in total. The zero-order valence-electron chi connectivity index (χ0n) is 18.6. The lowest BCUT2D eigenvalue weighted by molar-refractivity contribution is -0.123. The van der Waals surface area contributed by atoms with E-state index in [1.807, 2.05) is 35.2 Å². The largest absolute Gasteiger partial charge is 0.295 e. The maximum atomic E-state index is 14.1. The van der Waals surface area contributed by atoms with Crippen molar-refractivity contribution < 1.29 is 14.0 Å². The number of amides is 2. The monoisotopic (exact) mass is 473 g/mol. The minimum atomic E-state index is -1.16. The van der Waals surface area contributed by atoms with Gasteiger partial charge < -0.3 is 0 Å². The van der Waals surface area contributed by atoms with Crippen molar-refractivity contribution in [2.24, 2.45) is 0 Å². The number of carbonyl (C=O) groups excluding carboxylic acids is 2. The molecule has 0 saturated carbocycles. The maximum Gasteiger partial charge on any atom is 0.269 e. The van der Waals surface area contributed by atoms with Crippen LogP contribution in [0.15, 0.2) is 78.9 Å². The fraction of sp³-hybridized carbons (Fsp3) is 0.259. The molecule has 0 bridgehead atoms. The van der Waals surface area contributed by atoms with E-state index in [9.17, 15) is 14.0 Å². The smallest absolute Gasteiger partial charge is 0.269 e. The molecule has 6 rings (SSSR count). The van der Waals surface area contributed by atoms with Crippen molar-refractivity contribution in [1.29, 1.82) is 0 Å². The van der Waals surface area contributed by atoms with Gasteiger partial charge in [0.2, 0.25) is 10.8 Å². The van der Waals surface area contributed by atoms with E-state index in [1.165, 1.54) is 29.5 Å². The number of anilines is 2. The Morgan fingerprint density at radius 2 is 1.68 bits per heavy atom. The summed E-state index contributed by atoms with van der Waals surface area (Å²) in [5, 5.41) is 0. The Bertz CT molecular complexity index is 1250. The lowest BCUT2D eigenvalue weighted by Gasteiger charge is -2.33. The number of para-hydroxylation sites is 1. The van der Waals surface area contributed by atoms with Crippen molar-refractivity contribution in [1.82, 2.24) is 4.90 Å². The van der Waals surface area contributed by atoms with Crippen LogP contribution in [0.25, 0.3) is 0 Å². The van der Waals surface area contributed by atoms with Crippen LogP contribution < -0.4 is 9.80 Å². The van der Waals surface area contributed by atoms with Crippen molar-refractivity contribution >= 4 is 35.0 Å². The average molecular weight is 474 g/mol. The van der Waals surface area contributed by atoms with E-state index < -0.39 is 4.87 Å². The van der Waals surface area contributed by atoms with Crippen LogP contribution >= 0.6 is 11.8 Å². The molecule has 3 aromatic carbocycles. The number of rotatable bonds is 4. The van der Waals surface area contributed by atoms with E-state index in [-0.39, 0.29) is 23.4 Å². The summed E-state index contributed by atoms with van der Waals surface area (Å²) in [6.45, 7) is 2.27. The minimum absolute atomic E-state index is 0.114. The maximum absolute atomic E-state index is 14.1. The molecule has 3 aliphatic rings. The zero-order valence-corrected chi connectivity index (χ0v) is 19.4. The van der Waals surface area contributed by atoms with Gasteiger partial charge in [0.25, 0.3) is 5.91 Å². The van der Waals surface area contributed by atoms with Crippen molar-refractivity contribution in [3.8, 4) is 0 Å². The van der Waals surface area contributed by atoms with Crippen LogP contribution in [0.1, 0.15) is 23.5 Å². The molecule has 0 radical (unpaired) electrons. The molecular weight excluding hydrogens is 449 g/mol. The number of thioether (sulfide) groups is 1. The predicted octanol–water partition coefficient (Wildman–Crippen LogP) is 4.55. The molecule has 0 unspecified atom stereocenters. The Balaban J connectivity index is 1.33. The van der Waals surface area contributed by atoms with E-state index in [0.29, 0.717) is 18.3 Å². The molecule has 0 aliphatic carbocycles. The lowest BCUT2D eigenvalue weighted by Crippen LogP contribution is -2.51. The van der Waals surface area contributed by atoms with Gasteiger partial charge >= 0.3 is 0 Å². The van der Waals surface area contributed by atoms with Gasteiger partial charge in [-0.2, -0.15) is 0 Å². The Morgan fingerprint density at radius 3 is 2.47 bits per heavy atom. The minimum Gasteiger partial charge on any atom is -0.295 e. The highest BCUT2D eigenvalue weighted by Gasteiger charge is 2.61. The number of benzene rings is 3. The standard InChI is InChI=1S/C27H24FN3O2S/c28-21-10-12-22(13-11-21)31-25(32)17-34-27(31)23-8-4-5-9-24(23)30(26(27)33)18-29-15-14-20(16-29)19-6-2-1-3-7-19/h1-13,20H,14-18H2/t20-,27+/m0/s1. The Morgan fingerprint density at radius 1 is 0.941 bits per heavy atom. The lowest BCUT2D eigenvalue weighted by atomic mass is 9.99. The van der Waals surface area contributed by atoms with Gasteiger partial charge in [-0.1, -0.05) is 48.5 Å². The van der Waals surface area contributed by atoms with E-state index in [0.717, 1.165) is 30.8 Å². The second-order valence-corrected chi connectivity index (χ2v) is 10.2. The molecule has 3 heterocycles. The van der Waals surface area contributed by atoms with Crippen molar-refractivity contribution in [3.63, 3.8) is 0 Å². The van der Waals surface area contributed by atoms with Crippen LogP contribution in [-0.4, -0.2) is 42.2 Å². The molecule has 2 atom stereocenters. The molecular formula is C27H24FN3O2S. The van der Waals surface area contributed by atoms with Gasteiger partial charge in [-0.05, 0) is 48.2 Å². The Hall–Kier alpha value is -3.16. The Kier molecular flexibility index (Phi) is 5.19. The molecule has 3 aliphatic heterocycles. The van der Waals surface area contributed by atoms with Crippen molar-refractivity contribution in [3.05, 3.63) is 95.8 Å². The molecule has 2 saturated heterocycles. The number of halogens is 1. The molecule has 2 fully saturated rings. The van der Waals surface area contributed by atoms with Crippen LogP contribution in [0.2, 0.25) is 0 Å². The third-order valence-electron chi connectivity index (χ3n) is 7.03. The predicted molar refractivity (Wildman–Crippen MR) is 132 cm³/mol. The summed E-state index contributed by atoms with van der Waals surface area (Å²) in [7, 11) is 0. The summed E-state index contributed by atoms with van der Waals surface area (Å²) >= 11 is 1.35. The van der Waals surface area contributed by atoms with Gasteiger partial charge in [-0.3, -0.25) is 24.3 Å². The normalized spacial score (nSPS) is 24.4. The third-order valence-corrected chi connectivity index (χ3v) is 8.42. The second kappa shape index (κ2) is 8.25. The van der Waals surface area contributed by atoms with E-state index in [1.54, 1.807) is 17.0 Å². The highest BCUT2D eigenvalue weighted by molar-refractivity contribution is 8.02. The van der Waals surface area contributed by atoms with Crippen molar-refractivity contribution in [2.75, 3.05) is 35.3 Å². The summed E-state index contributed by atoms with van der Waals surface area (Å²) in [5.41, 5.74) is 3.52. The van der Waals surface area contributed by atoms with Gasteiger partial charge in [-0.15, -0.1) is 11.8 Å². The number of likely N-dealkylation sites (tertiary alicyclic amines) is 1. The van der Waals surface area contributed by atoms with Gasteiger partial charge in [0.1, 0.15) is 5.82 Å². The molecule has 34 heavy (non-hydrogen) atoms. The first kappa shape index (κ1) is 21.4. The van der Waals surface area contributed by atoms with Gasteiger partial charge in [0.05, 0.1) is 18.1 Å². The van der Waals surface area contributed by atoms with E-state index in [2.05, 4.69) is 29.2 Å². The van der Waals surface area contributed by atoms with Gasteiger partial charge in [-0.25, -0.2) is 4.39 Å². The van der Waals surface area contributed by atoms with E-state index >= 15 is 0 Å². The first-order valence-electron chi connectivity index (χ1n) is 11.5. The van der Waals surface area contributed by atoms with Crippen LogP contribution in [0, 0.1) is 5.82 Å². The number of hydrogen-bond acceptors (Lipinski definition) is 4. The fourth-order valence-electron chi connectivity index (χ4n) is 5.44. The van der Waals surface area contributed by atoms with Crippen molar-refractivity contribution in [2.45, 2.75) is 17.2 Å². The fourth-order valence-corrected chi connectivity index (χ4v) is 6.80. The molecule has 0 aromatic heterocycles. The van der Waals surface area contributed by atoms with Crippen LogP contribution in [0.4, 0.5) is 15.8 Å². The molecule has 5 nitrogen and oxygen atoms in total. The van der Waals surface area contributed by atoms with E-state index in [4.69, 9.17) is 0 Å². The summed E-state index contributed by atoms with van der Waals surface area (Å²) in [6, 6.07) is 24.0. The highest BCUT2D eigenvalue weighted by atomic mass is 32.2. The van der Waals surface area contributed by atoms with Crippen LogP contribution in [0.5, 0.6) is 0 Å². The third kappa shape index (κ3) is 3.26. The SMILES string of the molecule is O=C1CS[C@]2(C(=O)N(CN3CC[C@H](c4ccccc4)C3)c3ccccc32)N1c1ccc(F)cc1. The molecule has 7 heteroatoms. The molecule has 3 aromatic rings. The quantitative estimate of drug-likeness (QED) is 0.558. The first-order valence-corrected chi connectivity index (χ1v) is 12.5. The summed E-state index contributed by atoms with van der Waals surface area (Å²) in [6.07, 6.45) is 1.05. The summed E-state index contributed by atoms with van der Waals surface area (Å²) < 4.78 is 13.6. The van der Waals surface area contributed by atoms with Gasteiger partial charge in [0, 0.05) is 24.3 Å². The molecule has 2 amide bonds. The average Bonchev–Trinajstić information content (AvgIpc) is 3.54. The van der Waals surface area contributed by atoms with Gasteiger partial charge in [0.15, 0.2) is 0 Å². The summed E-state index contributed by atoms with van der Waals surface area (Å²) in [5.74, 6) is 0.00884. The second-order valence-electron chi connectivity index (χ2n) is 9.00. The summed E-state index contributed by atoms with van der Waals surface area (Å²) in [4.78, 5) is 31.7. The number of hydrogen-bond donors (Lipinski definition) is 0. The Labute approximate surface area is 202 Å². The zero-order chi connectivity index (χ0) is 23.3. The topological polar surface area (TPSA) is 43.9 Å². The number of nitrogens with zero attached hydrogens (tertiary/aromatic N) is 3. The van der Waals surface area contributed by atoms with Crippen LogP contribution in [-0.2, 0) is 14.5 Å². The number of carbonyl (C=O) groups is 2. The first-order chi connectivity index (χ1) is 16.6. The molecule has 1 spiro atoms. The molecule has 172 valence electrons. The van der Waals surface area contributed by atoms with Crippen LogP contribution in [0.3, 0.4) is 0 Å². The number of fused-ring (bicyclic) bond motifs is 2. The highest BCUT2D eigenvalue weighted by Crippen LogP contribution is 2.55.